The minimum absolute atomic E-state index is 0.0818. The standard InChI is InChI=1S/C20H15ClN2O5/c1-27-14-5-2-12(3-6-14)19(24)23-22-11-15-7-9-18(28-15)13-4-8-17(21)16(10-13)20(25)26/h2-11H,1H3,(H,23,24)(H,25,26)/p-1/b22-11-. The molecule has 142 valence electrons. The lowest BCUT2D eigenvalue weighted by atomic mass is 10.1. The summed E-state index contributed by atoms with van der Waals surface area (Å²) >= 11 is 5.83. The van der Waals surface area contributed by atoms with Gasteiger partial charge in [0.1, 0.15) is 17.3 Å². The highest BCUT2D eigenvalue weighted by molar-refractivity contribution is 6.33. The van der Waals surface area contributed by atoms with Gasteiger partial charge in [0.15, 0.2) is 0 Å². The van der Waals surface area contributed by atoms with Crippen LogP contribution in [0.25, 0.3) is 11.3 Å². The van der Waals surface area contributed by atoms with Crippen molar-refractivity contribution < 1.29 is 23.8 Å². The van der Waals surface area contributed by atoms with E-state index >= 15 is 0 Å². The number of carboxylic acid groups (broad SMARTS) is 1. The number of nitrogens with zero attached hydrogens (tertiary/aromatic N) is 1. The quantitative estimate of drug-likeness (QED) is 0.508. The number of halogens is 1. The summed E-state index contributed by atoms with van der Waals surface area (Å²) in [5.74, 6) is -0.326. The van der Waals surface area contributed by atoms with Crippen LogP contribution in [-0.2, 0) is 0 Å². The van der Waals surface area contributed by atoms with Crippen LogP contribution in [0.1, 0.15) is 26.5 Å². The Kier molecular flexibility index (Phi) is 5.76. The molecule has 0 aliphatic rings. The number of benzene rings is 2. The Morgan fingerprint density at radius 1 is 1.14 bits per heavy atom. The van der Waals surface area contributed by atoms with Crippen LogP contribution in [0.15, 0.2) is 64.1 Å². The number of hydrogen-bond acceptors (Lipinski definition) is 6. The number of furan rings is 1. The van der Waals surface area contributed by atoms with E-state index in [4.69, 9.17) is 20.8 Å². The summed E-state index contributed by atoms with van der Waals surface area (Å²) in [7, 11) is 1.54. The number of aromatic carboxylic acids is 1. The molecule has 0 saturated carbocycles. The van der Waals surface area contributed by atoms with Gasteiger partial charge in [-0.3, -0.25) is 4.79 Å². The fourth-order valence-corrected chi connectivity index (χ4v) is 2.57. The molecule has 0 fully saturated rings. The van der Waals surface area contributed by atoms with Crippen LogP contribution in [0.4, 0.5) is 0 Å². The molecule has 1 heterocycles. The summed E-state index contributed by atoms with van der Waals surface area (Å²) in [6, 6.07) is 14.3. The maximum absolute atomic E-state index is 12.0. The predicted octanol–water partition coefficient (Wildman–Crippen LogP) is 2.74. The van der Waals surface area contributed by atoms with Crippen molar-refractivity contribution in [1.82, 2.24) is 5.43 Å². The van der Waals surface area contributed by atoms with E-state index < -0.39 is 5.97 Å². The molecule has 0 aliphatic carbocycles. The number of carboxylic acids is 1. The summed E-state index contributed by atoms with van der Waals surface area (Å²) in [4.78, 5) is 23.1. The molecule has 3 rings (SSSR count). The van der Waals surface area contributed by atoms with Crippen molar-refractivity contribution in [2.75, 3.05) is 7.11 Å². The fourth-order valence-electron chi connectivity index (χ4n) is 2.37. The Morgan fingerprint density at radius 3 is 2.57 bits per heavy atom. The van der Waals surface area contributed by atoms with Gasteiger partial charge in [0.25, 0.3) is 5.91 Å². The Hall–Kier alpha value is -3.58. The van der Waals surface area contributed by atoms with Gasteiger partial charge in [-0.15, -0.1) is 0 Å². The lowest BCUT2D eigenvalue weighted by Crippen LogP contribution is -2.22. The van der Waals surface area contributed by atoms with Crippen LogP contribution >= 0.6 is 11.6 Å². The van der Waals surface area contributed by atoms with Gasteiger partial charge in [-0.25, -0.2) is 5.43 Å². The van der Waals surface area contributed by atoms with Crippen LogP contribution < -0.4 is 15.3 Å². The van der Waals surface area contributed by atoms with E-state index in [1.165, 1.54) is 18.3 Å². The van der Waals surface area contributed by atoms with Crippen LogP contribution in [0.5, 0.6) is 5.75 Å². The van der Waals surface area contributed by atoms with E-state index in [2.05, 4.69) is 10.5 Å². The number of hydrazone groups is 1. The molecule has 7 nitrogen and oxygen atoms in total. The van der Waals surface area contributed by atoms with Gasteiger partial charge in [-0.2, -0.15) is 5.10 Å². The molecule has 1 amide bonds. The topological polar surface area (TPSA) is 104 Å². The van der Waals surface area contributed by atoms with E-state index in [1.54, 1.807) is 49.6 Å². The molecule has 0 bridgehead atoms. The molecule has 0 radical (unpaired) electrons. The van der Waals surface area contributed by atoms with Crippen molar-refractivity contribution in [1.29, 1.82) is 0 Å². The number of carbonyl (C=O) groups excluding carboxylic acids is 2. The second kappa shape index (κ2) is 8.41. The SMILES string of the molecule is COc1ccc(C(=O)N/N=C\c2ccc(-c3ccc(Cl)c(C(=O)[O-])c3)o2)cc1. The molecule has 0 aliphatic heterocycles. The number of rotatable bonds is 6. The van der Waals surface area contributed by atoms with Crippen molar-refractivity contribution in [2.24, 2.45) is 5.10 Å². The summed E-state index contributed by atoms with van der Waals surface area (Å²) < 4.78 is 10.6. The third-order valence-corrected chi connectivity index (χ3v) is 4.14. The van der Waals surface area contributed by atoms with Gasteiger partial charge in [0.05, 0.1) is 19.3 Å². The predicted molar refractivity (Wildman–Crippen MR) is 102 cm³/mol. The van der Waals surface area contributed by atoms with E-state index in [9.17, 15) is 14.7 Å². The minimum atomic E-state index is -1.37. The second-order valence-corrected chi connectivity index (χ2v) is 6.02. The largest absolute Gasteiger partial charge is 0.545 e. The number of hydrogen-bond donors (Lipinski definition) is 1. The third-order valence-electron chi connectivity index (χ3n) is 3.81. The van der Waals surface area contributed by atoms with Crippen molar-refractivity contribution in [3.05, 3.63) is 76.5 Å². The first kappa shape index (κ1) is 19.2. The lowest BCUT2D eigenvalue weighted by molar-refractivity contribution is -0.255. The molecule has 28 heavy (non-hydrogen) atoms. The Bertz CT molecular complexity index is 1040. The van der Waals surface area contributed by atoms with Gasteiger partial charge in [0.2, 0.25) is 0 Å². The summed E-state index contributed by atoms with van der Waals surface area (Å²) in [6.07, 6.45) is 1.33. The van der Waals surface area contributed by atoms with Crippen molar-refractivity contribution >= 4 is 29.7 Å². The van der Waals surface area contributed by atoms with Crippen LogP contribution in [0, 0.1) is 0 Å². The van der Waals surface area contributed by atoms with Gasteiger partial charge < -0.3 is 19.1 Å². The first-order chi connectivity index (χ1) is 13.5. The maximum atomic E-state index is 12.0. The molecule has 0 atom stereocenters. The van der Waals surface area contributed by atoms with Crippen molar-refractivity contribution in [2.45, 2.75) is 0 Å². The first-order valence-electron chi connectivity index (χ1n) is 8.06. The van der Waals surface area contributed by atoms with Crippen molar-refractivity contribution in [3.63, 3.8) is 0 Å². The highest BCUT2D eigenvalue weighted by Crippen LogP contribution is 2.26. The van der Waals surface area contributed by atoms with E-state index in [-0.39, 0.29) is 16.5 Å². The van der Waals surface area contributed by atoms with Crippen molar-refractivity contribution in [3.8, 4) is 17.1 Å². The second-order valence-electron chi connectivity index (χ2n) is 5.61. The number of nitrogens with one attached hydrogen (secondary N) is 1. The van der Waals surface area contributed by atoms with Crippen LogP contribution in [-0.4, -0.2) is 25.2 Å². The number of carbonyl (C=O) groups is 2. The third kappa shape index (κ3) is 4.39. The molecular formula is C20H14ClN2O5-. The zero-order chi connectivity index (χ0) is 20.1. The lowest BCUT2D eigenvalue weighted by Gasteiger charge is -2.06. The molecule has 0 spiro atoms. The smallest absolute Gasteiger partial charge is 0.271 e. The molecule has 3 aromatic rings. The van der Waals surface area contributed by atoms with Crippen LogP contribution in [0.3, 0.4) is 0 Å². The monoisotopic (exact) mass is 397 g/mol. The van der Waals surface area contributed by atoms with E-state index in [1.807, 2.05) is 0 Å². The van der Waals surface area contributed by atoms with Gasteiger partial charge in [-0.05, 0) is 54.6 Å². The molecule has 0 saturated heterocycles. The first-order valence-corrected chi connectivity index (χ1v) is 8.44. The van der Waals surface area contributed by atoms with E-state index in [0.717, 1.165) is 0 Å². The Labute approximate surface area is 165 Å². The average molecular weight is 398 g/mol. The van der Waals surface area contributed by atoms with Gasteiger partial charge >= 0.3 is 0 Å². The molecule has 1 N–H and O–H groups in total. The highest BCUT2D eigenvalue weighted by Gasteiger charge is 2.09. The Morgan fingerprint density at radius 2 is 1.89 bits per heavy atom. The number of amides is 1. The van der Waals surface area contributed by atoms with E-state index in [0.29, 0.717) is 28.4 Å². The summed E-state index contributed by atoms with van der Waals surface area (Å²) in [5.41, 5.74) is 3.21. The number of methoxy groups -OCH3 is 1. The molecular weight excluding hydrogens is 384 g/mol. The average Bonchev–Trinajstić information content (AvgIpc) is 3.17. The normalized spacial score (nSPS) is 10.8. The highest BCUT2D eigenvalue weighted by atomic mass is 35.5. The van der Waals surface area contributed by atoms with Gasteiger partial charge in [0, 0.05) is 21.7 Å². The zero-order valence-corrected chi connectivity index (χ0v) is 15.4. The fraction of sp³-hybridized carbons (Fsp3) is 0.0500. The summed E-state index contributed by atoms with van der Waals surface area (Å²) in [6.45, 7) is 0. The molecule has 1 aromatic heterocycles. The zero-order valence-electron chi connectivity index (χ0n) is 14.6. The Balaban J connectivity index is 1.68. The number of ether oxygens (including phenoxy) is 1. The molecule has 8 heteroatoms. The minimum Gasteiger partial charge on any atom is -0.545 e. The molecule has 0 unspecified atom stereocenters. The van der Waals surface area contributed by atoms with Gasteiger partial charge in [-0.1, -0.05) is 11.6 Å². The van der Waals surface area contributed by atoms with Crippen LogP contribution in [0.2, 0.25) is 5.02 Å². The summed E-state index contributed by atoms with van der Waals surface area (Å²) in [5, 5.41) is 15.0. The molecule has 2 aromatic carbocycles. The maximum Gasteiger partial charge on any atom is 0.271 e.